The van der Waals surface area contributed by atoms with Crippen LogP contribution in [-0.4, -0.2) is 26.4 Å². The van der Waals surface area contributed by atoms with Crippen molar-refractivity contribution >= 4 is 11.9 Å². The van der Waals surface area contributed by atoms with Gasteiger partial charge in [0.15, 0.2) is 5.82 Å². The number of hydrogen-bond donors (Lipinski definition) is 1. The fraction of sp³-hybridized carbons (Fsp3) is 0.524. The Morgan fingerprint density at radius 2 is 2.00 bits per heavy atom. The number of nitrogens with zero attached hydrogens (tertiary/aromatic N) is 3. The monoisotopic (exact) mass is 406 g/mol. The number of nitrogens with one attached hydrogen (secondary N) is 1. The molecule has 1 aromatic heterocycles. The van der Waals surface area contributed by atoms with Gasteiger partial charge in [0.1, 0.15) is 5.78 Å². The van der Waals surface area contributed by atoms with E-state index in [1.807, 2.05) is 6.08 Å². The minimum Gasteiger partial charge on any atom is -0.299 e. The molecule has 0 radical (unpaired) electrons. The van der Waals surface area contributed by atoms with Crippen molar-refractivity contribution in [3.05, 3.63) is 47.3 Å². The number of benzene rings is 1. The molecule has 0 unspecified atom stereocenters. The van der Waals surface area contributed by atoms with Crippen LogP contribution in [0.3, 0.4) is 0 Å². The van der Waals surface area contributed by atoms with Gasteiger partial charge in [-0.3, -0.25) is 4.79 Å². The highest BCUT2D eigenvalue weighted by molar-refractivity contribution is 5.83. The molecule has 2 aromatic rings. The molecule has 0 bridgehead atoms. The summed E-state index contributed by atoms with van der Waals surface area (Å²) in [7, 11) is 0. The molecule has 156 valence electrons. The highest BCUT2D eigenvalue weighted by atomic mass is 19.4. The van der Waals surface area contributed by atoms with E-state index in [-0.39, 0.29) is 17.6 Å². The number of halogens is 3. The first-order valence-electron chi connectivity index (χ1n) is 10.0. The van der Waals surface area contributed by atoms with Gasteiger partial charge in [0.25, 0.3) is 0 Å². The van der Waals surface area contributed by atoms with Crippen molar-refractivity contribution in [2.75, 3.05) is 0 Å². The highest BCUT2D eigenvalue weighted by Crippen LogP contribution is 2.35. The SMILES string of the molecule is O=C1CC[C@@H](C=Cc2cccc(C(F)(F)F)c2)[C@@H]1CCCCCCc1nn[nH]n1. The summed E-state index contributed by atoms with van der Waals surface area (Å²) in [5.41, 5.74) is -0.140. The zero-order valence-corrected chi connectivity index (χ0v) is 16.2. The summed E-state index contributed by atoms with van der Waals surface area (Å²) in [5.74, 6) is 1.08. The summed E-state index contributed by atoms with van der Waals surface area (Å²) >= 11 is 0. The molecule has 1 fully saturated rings. The lowest BCUT2D eigenvalue weighted by molar-refractivity contribution is -0.137. The number of aryl methyl sites for hydroxylation is 1. The summed E-state index contributed by atoms with van der Waals surface area (Å²) in [4.78, 5) is 12.2. The maximum atomic E-state index is 12.8. The van der Waals surface area contributed by atoms with E-state index >= 15 is 0 Å². The Kier molecular flexibility index (Phi) is 7.17. The van der Waals surface area contributed by atoms with Crippen LogP contribution in [0.5, 0.6) is 0 Å². The second-order valence-electron chi connectivity index (χ2n) is 7.54. The van der Waals surface area contributed by atoms with Crippen molar-refractivity contribution in [1.82, 2.24) is 20.6 Å². The van der Waals surface area contributed by atoms with E-state index in [1.54, 1.807) is 12.1 Å². The average molecular weight is 406 g/mol. The predicted molar refractivity (Wildman–Crippen MR) is 103 cm³/mol. The number of H-pyrrole nitrogens is 1. The molecule has 0 aliphatic heterocycles. The van der Waals surface area contributed by atoms with Crippen LogP contribution in [0.1, 0.15) is 61.9 Å². The molecule has 0 saturated heterocycles. The smallest absolute Gasteiger partial charge is 0.299 e. The third-order valence-electron chi connectivity index (χ3n) is 5.46. The molecule has 5 nitrogen and oxygen atoms in total. The van der Waals surface area contributed by atoms with Gasteiger partial charge < -0.3 is 0 Å². The molecule has 1 aliphatic rings. The van der Waals surface area contributed by atoms with Crippen LogP contribution in [0.2, 0.25) is 0 Å². The van der Waals surface area contributed by atoms with Gasteiger partial charge in [-0.05, 0) is 42.9 Å². The normalized spacial score (nSPS) is 20.0. The maximum Gasteiger partial charge on any atom is 0.416 e. The summed E-state index contributed by atoms with van der Waals surface area (Å²) < 4.78 is 38.5. The van der Waals surface area contributed by atoms with Crippen molar-refractivity contribution in [1.29, 1.82) is 0 Å². The first-order valence-corrected chi connectivity index (χ1v) is 10.0. The number of alkyl halides is 3. The quantitative estimate of drug-likeness (QED) is 0.594. The van der Waals surface area contributed by atoms with Crippen LogP contribution < -0.4 is 0 Å². The van der Waals surface area contributed by atoms with Crippen LogP contribution in [-0.2, 0) is 17.4 Å². The number of carbonyl (C=O) groups is 1. The molecular formula is C21H25F3N4O. The van der Waals surface area contributed by atoms with Crippen molar-refractivity contribution in [3.8, 4) is 0 Å². The minimum absolute atomic E-state index is 0.0192. The fourth-order valence-corrected chi connectivity index (χ4v) is 3.88. The maximum absolute atomic E-state index is 12.8. The van der Waals surface area contributed by atoms with Crippen LogP contribution >= 0.6 is 0 Å². The predicted octanol–water partition coefficient (Wildman–Crippen LogP) is 5.02. The number of aromatic amines is 1. The molecule has 8 heteroatoms. The van der Waals surface area contributed by atoms with Gasteiger partial charge in [-0.2, -0.15) is 18.4 Å². The van der Waals surface area contributed by atoms with Gasteiger partial charge in [0.05, 0.1) is 5.56 Å². The third kappa shape index (κ3) is 6.24. The molecule has 1 heterocycles. The Morgan fingerprint density at radius 1 is 1.17 bits per heavy atom. The number of ketones is 1. The standard InChI is InChI=1S/C21H25F3N4O/c22-21(23,24)17-7-5-6-15(14-17)10-11-16-12-13-19(29)18(16)8-3-1-2-4-9-20-25-27-28-26-20/h5-7,10-11,14,16,18H,1-4,8-9,12-13H2,(H,25,26,27,28)/t16-,18+/m1/s1. The lowest BCUT2D eigenvalue weighted by Gasteiger charge is -2.15. The van der Waals surface area contributed by atoms with Crippen molar-refractivity contribution < 1.29 is 18.0 Å². The Morgan fingerprint density at radius 3 is 2.76 bits per heavy atom. The number of hydrogen-bond acceptors (Lipinski definition) is 4. The largest absolute Gasteiger partial charge is 0.416 e. The van der Waals surface area contributed by atoms with Crippen LogP contribution in [0.4, 0.5) is 13.2 Å². The van der Waals surface area contributed by atoms with E-state index in [2.05, 4.69) is 20.6 Å². The molecule has 1 N–H and O–H groups in total. The Hall–Kier alpha value is -2.51. The summed E-state index contributed by atoms with van der Waals surface area (Å²) in [6.07, 6.45) is 6.27. The second kappa shape index (κ2) is 9.80. The molecular weight excluding hydrogens is 381 g/mol. The molecule has 0 amide bonds. The Bertz CT molecular complexity index is 818. The number of tetrazole rings is 1. The van der Waals surface area contributed by atoms with Crippen LogP contribution in [0.25, 0.3) is 6.08 Å². The van der Waals surface area contributed by atoms with E-state index in [9.17, 15) is 18.0 Å². The van der Waals surface area contributed by atoms with Gasteiger partial charge in [-0.15, -0.1) is 10.2 Å². The zero-order valence-electron chi connectivity index (χ0n) is 16.2. The van der Waals surface area contributed by atoms with Crippen molar-refractivity contribution in [2.45, 2.75) is 57.5 Å². The second-order valence-corrected chi connectivity index (χ2v) is 7.54. The number of unbranched alkanes of at least 4 members (excludes halogenated alkanes) is 3. The van der Waals surface area contributed by atoms with E-state index in [0.29, 0.717) is 12.0 Å². The third-order valence-corrected chi connectivity index (χ3v) is 5.46. The van der Waals surface area contributed by atoms with Crippen molar-refractivity contribution in [3.63, 3.8) is 0 Å². The number of allylic oxidation sites excluding steroid dienone is 1. The van der Waals surface area contributed by atoms with Crippen LogP contribution in [0.15, 0.2) is 30.3 Å². The number of Topliss-reactive ketones (excluding diaryl/α,β-unsaturated/α-hetero) is 1. The Labute approximate surface area is 167 Å². The number of aromatic nitrogens is 4. The first kappa shape index (κ1) is 21.2. The van der Waals surface area contributed by atoms with Crippen molar-refractivity contribution in [2.24, 2.45) is 11.8 Å². The molecule has 1 aromatic carbocycles. The molecule has 1 saturated carbocycles. The van der Waals surface area contributed by atoms with E-state index in [1.165, 1.54) is 6.07 Å². The molecule has 1 aliphatic carbocycles. The molecule has 2 atom stereocenters. The van der Waals surface area contributed by atoms with Crippen LogP contribution in [0, 0.1) is 11.8 Å². The molecule has 3 rings (SSSR count). The van der Waals surface area contributed by atoms with E-state index in [4.69, 9.17) is 0 Å². The van der Waals surface area contributed by atoms with Gasteiger partial charge in [0.2, 0.25) is 0 Å². The minimum atomic E-state index is -4.35. The van der Waals surface area contributed by atoms with E-state index < -0.39 is 11.7 Å². The summed E-state index contributed by atoms with van der Waals surface area (Å²) in [6, 6.07) is 5.28. The average Bonchev–Trinajstić information content (AvgIpc) is 3.33. The fourth-order valence-electron chi connectivity index (χ4n) is 3.88. The topological polar surface area (TPSA) is 71.5 Å². The lowest BCUT2D eigenvalue weighted by Crippen LogP contribution is -2.13. The van der Waals surface area contributed by atoms with Gasteiger partial charge in [-0.25, -0.2) is 0 Å². The number of carbonyl (C=O) groups excluding carboxylic acids is 1. The summed E-state index contributed by atoms with van der Waals surface area (Å²) in [5, 5.41) is 13.8. The number of rotatable bonds is 9. The summed E-state index contributed by atoms with van der Waals surface area (Å²) in [6.45, 7) is 0. The van der Waals surface area contributed by atoms with Gasteiger partial charge >= 0.3 is 6.18 Å². The van der Waals surface area contributed by atoms with Gasteiger partial charge in [0, 0.05) is 18.8 Å². The molecule has 0 spiro atoms. The van der Waals surface area contributed by atoms with E-state index in [0.717, 1.165) is 62.9 Å². The van der Waals surface area contributed by atoms with Gasteiger partial charge in [-0.1, -0.05) is 48.8 Å². The first-order chi connectivity index (χ1) is 13.9. The zero-order chi connectivity index (χ0) is 20.7. The Balaban J connectivity index is 1.46. The highest BCUT2D eigenvalue weighted by Gasteiger charge is 2.32. The molecule has 29 heavy (non-hydrogen) atoms. The lowest BCUT2D eigenvalue weighted by atomic mass is 9.89.